The number of nitrogens with zero attached hydrogens (tertiary/aromatic N) is 1. The average molecular weight is 351 g/mol. The summed E-state index contributed by atoms with van der Waals surface area (Å²) >= 11 is 3.36. The second-order valence-corrected chi connectivity index (χ2v) is 5.03. The molecule has 0 spiro atoms. The lowest BCUT2D eigenvalue weighted by atomic mass is 10.2. The highest BCUT2D eigenvalue weighted by Gasteiger charge is 2.11. The van der Waals surface area contributed by atoms with Gasteiger partial charge in [-0.15, -0.1) is 0 Å². The molecule has 0 atom stereocenters. The molecule has 2 rings (SSSR count). The number of carbonyl (C=O) groups excluding carboxylic acids is 1. The van der Waals surface area contributed by atoms with Gasteiger partial charge in [-0.1, -0.05) is 15.9 Å². The minimum atomic E-state index is -0.262. The standard InChI is InChI=1S/C15H15BrN2O3/c1-3-21-14-7-4-10(9-17-14)15(19)18-12-8-11(16)5-6-13(12)20-2/h4-9H,3H2,1-2H3,(H,18,19). The molecule has 0 aliphatic carbocycles. The number of rotatable bonds is 5. The monoisotopic (exact) mass is 350 g/mol. The van der Waals surface area contributed by atoms with Crippen LogP contribution >= 0.6 is 15.9 Å². The number of halogens is 1. The third-order valence-electron chi connectivity index (χ3n) is 2.70. The largest absolute Gasteiger partial charge is 0.495 e. The van der Waals surface area contributed by atoms with E-state index < -0.39 is 0 Å². The fourth-order valence-corrected chi connectivity index (χ4v) is 2.08. The van der Waals surface area contributed by atoms with Gasteiger partial charge in [-0.25, -0.2) is 4.98 Å². The number of nitrogens with one attached hydrogen (secondary N) is 1. The molecule has 0 unspecified atom stereocenters. The topological polar surface area (TPSA) is 60.5 Å². The first-order chi connectivity index (χ1) is 10.1. The predicted octanol–water partition coefficient (Wildman–Crippen LogP) is 3.50. The van der Waals surface area contributed by atoms with Crippen molar-refractivity contribution in [3.05, 3.63) is 46.6 Å². The molecule has 0 saturated carbocycles. The maximum Gasteiger partial charge on any atom is 0.257 e. The summed E-state index contributed by atoms with van der Waals surface area (Å²) in [5, 5.41) is 2.80. The number of anilines is 1. The van der Waals surface area contributed by atoms with Crippen LogP contribution in [0.4, 0.5) is 5.69 Å². The molecular formula is C15H15BrN2O3. The first kappa shape index (κ1) is 15.3. The SMILES string of the molecule is CCOc1ccc(C(=O)Nc2cc(Br)ccc2OC)cn1. The van der Waals surface area contributed by atoms with E-state index in [0.29, 0.717) is 29.5 Å². The van der Waals surface area contributed by atoms with Crippen molar-refractivity contribution < 1.29 is 14.3 Å². The number of ether oxygens (including phenoxy) is 2. The number of methoxy groups -OCH3 is 1. The first-order valence-corrected chi connectivity index (χ1v) is 7.17. The molecule has 6 heteroatoms. The summed E-state index contributed by atoms with van der Waals surface area (Å²) in [6.07, 6.45) is 1.48. The number of carbonyl (C=O) groups is 1. The van der Waals surface area contributed by atoms with Gasteiger partial charge >= 0.3 is 0 Å². The lowest BCUT2D eigenvalue weighted by Gasteiger charge is -2.10. The van der Waals surface area contributed by atoms with Crippen molar-refractivity contribution in [3.63, 3.8) is 0 Å². The van der Waals surface area contributed by atoms with Gasteiger partial charge in [0.2, 0.25) is 5.88 Å². The van der Waals surface area contributed by atoms with Crippen LogP contribution in [0, 0.1) is 0 Å². The van der Waals surface area contributed by atoms with E-state index in [0.717, 1.165) is 4.47 Å². The molecule has 2 aromatic rings. The quantitative estimate of drug-likeness (QED) is 0.896. The van der Waals surface area contributed by atoms with Crippen molar-refractivity contribution in [3.8, 4) is 11.6 Å². The number of hydrogen-bond acceptors (Lipinski definition) is 4. The first-order valence-electron chi connectivity index (χ1n) is 6.37. The minimum absolute atomic E-state index is 0.262. The Labute approximate surface area is 131 Å². The summed E-state index contributed by atoms with van der Waals surface area (Å²) in [5.41, 5.74) is 1.03. The summed E-state index contributed by atoms with van der Waals surface area (Å²) in [7, 11) is 1.55. The molecule has 1 heterocycles. The third kappa shape index (κ3) is 3.95. The summed E-state index contributed by atoms with van der Waals surface area (Å²) in [4.78, 5) is 16.3. The highest BCUT2D eigenvalue weighted by atomic mass is 79.9. The second kappa shape index (κ2) is 7.08. The molecule has 110 valence electrons. The van der Waals surface area contributed by atoms with Gasteiger partial charge in [-0.2, -0.15) is 0 Å². The van der Waals surface area contributed by atoms with Crippen LogP contribution in [0.25, 0.3) is 0 Å². The van der Waals surface area contributed by atoms with Gasteiger partial charge in [0.1, 0.15) is 5.75 Å². The van der Waals surface area contributed by atoms with Crippen molar-refractivity contribution in [1.82, 2.24) is 4.98 Å². The van der Waals surface area contributed by atoms with Gasteiger partial charge in [-0.05, 0) is 31.2 Å². The Hall–Kier alpha value is -2.08. The normalized spacial score (nSPS) is 10.0. The number of aromatic nitrogens is 1. The van der Waals surface area contributed by atoms with Gasteiger partial charge in [0.25, 0.3) is 5.91 Å². The highest BCUT2D eigenvalue weighted by Crippen LogP contribution is 2.28. The summed E-state index contributed by atoms with van der Waals surface area (Å²) < 4.78 is 11.3. The average Bonchev–Trinajstić information content (AvgIpc) is 2.48. The van der Waals surface area contributed by atoms with Crippen molar-refractivity contribution >= 4 is 27.5 Å². The number of hydrogen-bond donors (Lipinski definition) is 1. The molecule has 0 aliphatic heterocycles. The zero-order valence-corrected chi connectivity index (χ0v) is 13.3. The number of amides is 1. The van der Waals surface area contributed by atoms with E-state index in [1.54, 1.807) is 31.4 Å². The molecule has 21 heavy (non-hydrogen) atoms. The van der Waals surface area contributed by atoms with Crippen molar-refractivity contribution in [2.24, 2.45) is 0 Å². The van der Waals surface area contributed by atoms with Crippen molar-refractivity contribution in [2.75, 3.05) is 19.0 Å². The van der Waals surface area contributed by atoms with Crippen molar-refractivity contribution in [2.45, 2.75) is 6.92 Å². The Morgan fingerprint density at radius 2 is 2.14 bits per heavy atom. The predicted molar refractivity (Wildman–Crippen MR) is 84.1 cm³/mol. The fraction of sp³-hybridized carbons (Fsp3) is 0.200. The van der Waals surface area contributed by atoms with Crippen LogP contribution in [-0.2, 0) is 0 Å². The Morgan fingerprint density at radius 1 is 1.33 bits per heavy atom. The molecule has 0 aliphatic rings. The molecule has 1 amide bonds. The molecule has 0 bridgehead atoms. The lowest BCUT2D eigenvalue weighted by Crippen LogP contribution is -2.13. The molecule has 0 fully saturated rings. The van der Waals surface area contributed by atoms with Crippen LogP contribution in [0.5, 0.6) is 11.6 Å². The van der Waals surface area contributed by atoms with Crippen LogP contribution in [0.2, 0.25) is 0 Å². The van der Waals surface area contributed by atoms with Gasteiger partial charge in [0, 0.05) is 16.7 Å². The van der Waals surface area contributed by atoms with E-state index in [9.17, 15) is 4.79 Å². The Morgan fingerprint density at radius 3 is 2.76 bits per heavy atom. The maximum atomic E-state index is 12.2. The fourth-order valence-electron chi connectivity index (χ4n) is 1.72. The molecule has 1 N–H and O–H groups in total. The van der Waals surface area contributed by atoms with E-state index in [2.05, 4.69) is 26.2 Å². The van der Waals surface area contributed by atoms with Crippen LogP contribution in [-0.4, -0.2) is 24.6 Å². The van der Waals surface area contributed by atoms with Gasteiger partial charge < -0.3 is 14.8 Å². The summed E-state index contributed by atoms with van der Waals surface area (Å²) in [5.74, 6) is 0.821. The van der Waals surface area contributed by atoms with E-state index in [1.807, 2.05) is 13.0 Å². The third-order valence-corrected chi connectivity index (χ3v) is 3.19. The Bertz CT molecular complexity index is 629. The second-order valence-electron chi connectivity index (χ2n) is 4.12. The molecule has 0 radical (unpaired) electrons. The molecule has 0 saturated heterocycles. The molecule has 5 nitrogen and oxygen atoms in total. The highest BCUT2D eigenvalue weighted by molar-refractivity contribution is 9.10. The maximum absolute atomic E-state index is 12.2. The molecular weight excluding hydrogens is 336 g/mol. The van der Waals surface area contributed by atoms with Gasteiger partial charge in [0.15, 0.2) is 0 Å². The minimum Gasteiger partial charge on any atom is -0.495 e. The van der Waals surface area contributed by atoms with Crippen LogP contribution in [0.15, 0.2) is 41.0 Å². The van der Waals surface area contributed by atoms with E-state index in [4.69, 9.17) is 9.47 Å². The van der Waals surface area contributed by atoms with Crippen molar-refractivity contribution in [1.29, 1.82) is 0 Å². The Balaban J connectivity index is 2.15. The molecule has 1 aromatic carbocycles. The zero-order chi connectivity index (χ0) is 15.2. The molecule has 1 aromatic heterocycles. The number of pyridine rings is 1. The van der Waals surface area contributed by atoms with E-state index in [-0.39, 0.29) is 5.91 Å². The van der Waals surface area contributed by atoms with Crippen LogP contribution in [0.3, 0.4) is 0 Å². The Kier molecular flexibility index (Phi) is 5.16. The zero-order valence-electron chi connectivity index (χ0n) is 11.7. The van der Waals surface area contributed by atoms with E-state index in [1.165, 1.54) is 6.20 Å². The van der Waals surface area contributed by atoms with Gasteiger partial charge in [-0.3, -0.25) is 4.79 Å². The van der Waals surface area contributed by atoms with Crippen LogP contribution in [0.1, 0.15) is 17.3 Å². The smallest absolute Gasteiger partial charge is 0.257 e. The summed E-state index contributed by atoms with van der Waals surface area (Å²) in [6.45, 7) is 2.41. The number of benzene rings is 1. The van der Waals surface area contributed by atoms with Crippen LogP contribution < -0.4 is 14.8 Å². The van der Waals surface area contributed by atoms with E-state index >= 15 is 0 Å². The lowest BCUT2D eigenvalue weighted by molar-refractivity contribution is 0.102. The summed E-state index contributed by atoms with van der Waals surface area (Å²) in [6, 6.07) is 8.72. The van der Waals surface area contributed by atoms with Gasteiger partial charge in [0.05, 0.1) is 25.0 Å².